The molecule has 0 radical (unpaired) electrons. The van der Waals surface area contributed by atoms with Crippen LogP contribution in [0.2, 0.25) is 0 Å². The van der Waals surface area contributed by atoms with E-state index < -0.39 is 0 Å². The van der Waals surface area contributed by atoms with Gasteiger partial charge in [0.15, 0.2) is 0 Å². The molecule has 0 amide bonds. The van der Waals surface area contributed by atoms with E-state index in [1.807, 2.05) is 43.3 Å². The predicted molar refractivity (Wildman–Crippen MR) is 86.9 cm³/mol. The fourth-order valence-corrected chi connectivity index (χ4v) is 2.02. The summed E-state index contributed by atoms with van der Waals surface area (Å²) in [6, 6.07) is 18.8. The molecule has 110 valence electrons. The minimum absolute atomic E-state index is 0.243. The van der Waals surface area contributed by atoms with Gasteiger partial charge in [0.1, 0.15) is 5.75 Å². The molecule has 2 aromatic carbocycles. The molecular weight excluding hydrogens is 274 g/mol. The minimum atomic E-state index is -0.243. The van der Waals surface area contributed by atoms with Gasteiger partial charge in [0.25, 0.3) is 0 Å². The van der Waals surface area contributed by atoms with Gasteiger partial charge in [-0.05, 0) is 35.8 Å². The van der Waals surface area contributed by atoms with Crippen LogP contribution in [0.15, 0.2) is 54.6 Å². The van der Waals surface area contributed by atoms with E-state index in [9.17, 15) is 10.1 Å². The van der Waals surface area contributed by atoms with Gasteiger partial charge in [-0.15, -0.1) is 0 Å². The van der Waals surface area contributed by atoms with Crippen molar-refractivity contribution >= 4 is 17.6 Å². The second kappa shape index (κ2) is 7.80. The number of nitrogens with zero attached hydrogens (tertiary/aromatic N) is 1. The maximum absolute atomic E-state index is 11.5. The van der Waals surface area contributed by atoms with Crippen molar-refractivity contribution in [1.82, 2.24) is 0 Å². The molecule has 0 aliphatic rings. The lowest BCUT2D eigenvalue weighted by molar-refractivity contribution is -0.134. The van der Waals surface area contributed by atoms with Crippen LogP contribution in [0.3, 0.4) is 0 Å². The van der Waals surface area contributed by atoms with Crippen molar-refractivity contribution in [3.63, 3.8) is 0 Å². The first kappa shape index (κ1) is 15.5. The van der Waals surface area contributed by atoms with Gasteiger partial charge in [0, 0.05) is 6.42 Å². The fourth-order valence-electron chi connectivity index (χ4n) is 2.02. The molecule has 2 rings (SSSR count). The summed E-state index contributed by atoms with van der Waals surface area (Å²) in [5.41, 5.74) is 2.25. The quantitative estimate of drug-likeness (QED) is 0.354. The molecule has 0 heterocycles. The van der Waals surface area contributed by atoms with Gasteiger partial charge in [-0.2, -0.15) is 5.26 Å². The first-order valence-electron chi connectivity index (χ1n) is 7.21. The van der Waals surface area contributed by atoms with Gasteiger partial charge in [-0.25, -0.2) is 0 Å². The van der Waals surface area contributed by atoms with Crippen LogP contribution in [0, 0.1) is 11.3 Å². The number of allylic oxidation sites excluding steroid dienone is 1. The number of benzene rings is 2. The van der Waals surface area contributed by atoms with Crippen molar-refractivity contribution in [1.29, 1.82) is 5.26 Å². The van der Waals surface area contributed by atoms with E-state index in [2.05, 4.69) is 6.07 Å². The molecule has 0 aliphatic carbocycles. The molecule has 0 aliphatic heterocycles. The van der Waals surface area contributed by atoms with E-state index in [-0.39, 0.29) is 5.97 Å². The molecule has 0 N–H and O–H groups in total. The maximum Gasteiger partial charge on any atom is 0.311 e. The van der Waals surface area contributed by atoms with Crippen LogP contribution in [-0.2, 0) is 4.79 Å². The van der Waals surface area contributed by atoms with Crippen LogP contribution in [0.25, 0.3) is 11.6 Å². The van der Waals surface area contributed by atoms with Crippen LogP contribution in [0.5, 0.6) is 5.75 Å². The molecule has 0 bridgehead atoms. The van der Waals surface area contributed by atoms with Crippen molar-refractivity contribution < 1.29 is 9.53 Å². The molecule has 3 heteroatoms. The zero-order valence-corrected chi connectivity index (χ0v) is 12.5. The van der Waals surface area contributed by atoms with Gasteiger partial charge < -0.3 is 4.74 Å². The monoisotopic (exact) mass is 291 g/mol. The Morgan fingerprint density at radius 3 is 2.64 bits per heavy atom. The Hall–Kier alpha value is -2.86. The van der Waals surface area contributed by atoms with E-state index in [1.54, 1.807) is 24.3 Å². The van der Waals surface area contributed by atoms with Crippen molar-refractivity contribution in [3.8, 4) is 11.8 Å². The summed E-state index contributed by atoms with van der Waals surface area (Å²) < 4.78 is 5.27. The van der Waals surface area contributed by atoms with E-state index >= 15 is 0 Å². The molecule has 0 saturated carbocycles. The largest absolute Gasteiger partial charge is 0.427 e. The Balaban J connectivity index is 2.24. The Kier molecular flexibility index (Phi) is 5.50. The van der Waals surface area contributed by atoms with Gasteiger partial charge >= 0.3 is 5.97 Å². The predicted octanol–water partition coefficient (Wildman–Crippen LogP) is 4.46. The highest BCUT2D eigenvalue weighted by Gasteiger charge is 2.05. The lowest BCUT2D eigenvalue weighted by Gasteiger charge is -2.05. The van der Waals surface area contributed by atoms with Gasteiger partial charge in [-0.1, -0.05) is 49.4 Å². The third-order valence-corrected chi connectivity index (χ3v) is 3.06. The molecule has 0 atom stereocenters. The van der Waals surface area contributed by atoms with Crippen molar-refractivity contribution in [3.05, 3.63) is 65.7 Å². The normalized spacial score (nSPS) is 10.8. The van der Waals surface area contributed by atoms with E-state index in [4.69, 9.17) is 4.74 Å². The summed E-state index contributed by atoms with van der Waals surface area (Å²) >= 11 is 0. The molecule has 3 nitrogen and oxygen atoms in total. The summed E-state index contributed by atoms with van der Waals surface area (Å²) in [6.45, 7) is 1.93. The number of ether oxygens (including phenoxy) is 1. The second-order valence-corrected chi connectivity index (χ2v) is 4.83. The molecule has 0 spiro atoms. The first-order chi connectivity index (χ1) is 10.7. The highest BCUT2D eigenvalue weighted by Crippen LogP contribution is 2.20. The zero-order valence-electron chi connectivity index (χ0n) is 12.5. The molecular formula is C19H17NO2. The van der Waals surface area contributed by atoms with E-state index in [1.165, 1.54) is 0 Å². The Morgan fingerprint density at radius 2 is 1.95 bits per heavy atom. The van der Waals surface area contributed by atoms with Crippen LogP contribution < -0.4 is 4.74 Å². The Bertz CT molecular complexity index is 712. The van der Waals surface area contributed by atoms with Gasteiger partial charge in [0.2, 0.25) is 0 Å². The van der Waals surface area contributed by atoms with Crippen LogP contribution in [-0.4, -0.2) is 5.97 Å². The van der Waals surface area contributed by atoms with E-state index in [0.29, 0.717) is 17.7 Å². The highest BCUT2D eigenvalue weighted by molar-refractivity contribution is 5.89. The summed E-state index contributed by atoms with van der Waals surface area (Å²) in [4.78, 5) is 11.5. The van der Waals surface area contributed by atoms with Crippen LogP contribution in [0.1, 0.15) is 30.9 Å². The van der Waals surface area contributed by atoms with Crippen LogP contribution >= 0.6 is 0 Å². The van der Waals surface area contributed by atoms with Crippen LogP contribution in [0.4, 0.5) is 0 Å². The number of esters is 1. The SMILES string of the molecule is CCCC(=O)Oc1cccc(/C=C(/C#N)c2ccccc2)c1. The third-order valence-electron chi connectivity index (χ3n) is 3.06. The standard InChI is InChI=1S/C19H17NO2/c1-2-7-19(21)22-18-11-6-8-15(13-18)12-17(14-20)16-9-4-3-5-10-16/h3-6,8-13H,2,7H2,1H3/b17-12-. The topological polar surface area (TPSA) is 50.1 Å². The van der Waals surface area contributed by atoms with Crippen molar-refractivity contribution in [2.24, 2.45) is 0 Å². The number of nitriles is 1. The number of hydrogen-bond donors (Lipinski definition) is 0. The molecule has 22 heavy (non-hydrogen) atoms. The Morgan fingerprint density at radius 1 is 1.18 bits per heavy atom. The van der Waals surface area contributed by atoms with E-state index in [0.717, 1.165) is 17.5 Å². The highest BCUT2D eigenvalue weighted by atomic mass is 16.5. The molecule has 0 fully saturated rings. The lowest BCUT2D eigenvalue weighted by Crippen LogP contribution is -2.06. The average Bonchev–Trinajstić information content (AvgIpc) is 2.54. The number of carbonyl (C=O) groups excluding carboxylic acids is 1. The first-order valence-corrected chi connectivity index (χ1v) is 7.21. The number of hydrogen-bond acceptors (Lipinski definition) is 3. The lowest BCUT2D eigenvalue weighted by atomic mass is 10.0. The van der Waals surface area contributed by atoms with Gasteiger partial charge in [-0.3, -0.25) is 4.79 Å². The number of rotatable bonds is 5. The molecule has 0 unspecified atom stereocenters. The molecule has 0 saturated heterocycles. The average molecular weight is 291 g/mol. The summed E-state index contributed by atoms with van der Waals surface area (Å²) in [5.74, 6) is 0.254. The zero-order chi connectivity index (χ0) is 15.8. The second-order valence-electron chi connectivity index (χ2n) is 4.83. The smallest absolute Gasteiger partial charge is 0.311 e. The number of carbonyl (C=O) groups is 1. The summed E-state index contributed by atoms with van der Waals surface area (Å²) in [7, 11) is 0. The van der Waals surface area contributed by atoms with Crippen molar-refractivity contribution in [2.45, 2.75) is 19.8 Å². The summed E-state index contributed by atoms with van der Waals surface area (Å²) in [5, 5.41) is 9.32. The molecule has 0 aromatic heterocycles. The van der Waals surface area contributed by atoms with Gasteiger partial charge in [0.05, 0.1) is 11.6 Å². The maximum atomic E-state index is 11.5. The summed E-state index contributed by atoms with van der Waals surface area (Å²) in [6.07, 6.45) is 2.94. The fraction of sp³-hybridized carbons (Fsp3) is 0.158. The third kappa shape index (κ3) is 4.32. The Labute approximate surface area is 130 Å². The molecule has 2 aromatic rings. The minimum Gasteiger partial charge on any atom is -0.427 e. The van der Waals surface area contributed by atoms with Crippen molar-refractivity contribution in [2.75, 3.05) is 0 Å².